The SMILES string of the molecule is C[C@]12CC[C@](C)(O1)[C@H](C(=O)O)[C@H]2C(=O)O. The lowest BCUT2D eigenvalue weighted by Gasteiger charge is -2.30. The first-order chi connectivity index (χ1) is 6.80. The van der Waals surface area contributed by atoms with Crippen LogP contribution in [0.2, 0.25) is 0 Å². The molecule has 2 aliphatic rings. The molecule has 0 aromatic heterocycles. The van der Waals surface area contributed by atoms with E-state index in [-0.39, 0.29) is 0 Å². The molecule has 2 saturated heterocycles. The van der Waals surface area contributed by atoms with Crippen LogP contribution in [0.5, 0.6) is 0 Å². The van der Waals surface area contributed by atoms with E-state index in [9.17, 15) is 9.59 Å². The predicted molar refractivity (Wildman–Crippen MR) is 49.4 cm³/mol. The Balaban J connectivity index is 2.45. The average Bonchev–Trinajstić information content (AvgIpc) is 2.49. The normalized spacial score (nSPS) is 48.1. The molecule has 2 aliphatic heterocycles. The van der Waals surface area contributed by atoms with Crippen molar-refractivity contribution in [3.63, 3.8) is 0 Å². The monoisotopic (exact) mass is 214 g/mol. The van der Waals surface area contributed by atoms with Crippen LogP contribution in [0.25, 0.3) is 0 Å². The van der Waals surface area contributed by atoms with E-state index in [1.165, 1.54) is 0 Å². The number of carbonyl (C=O) groups is 2. The van der Waals surface area contributed by atoms with Crippen molar-refractivity contribution >= 4 is 11.9 Å². The molecule has 0 saturated carbocycles. The van der Waals surface area contributed by atoms with Crippen LogP contribution in [0.15, 0.2) is 0 Å². The third kappa shape index (κ3) is 1.19. The van der Waals surface area contributed by atoms with Gasteiger partial charge in [0.2, 0.25) is 0 Å². The molecule has 2 rings (SSSR count). The van der Waals surface area contributed by atoms with Gasteiger partial charge in [0.1, 0.15) is 11.8 Å². The minimum Gasteiger partial charge on any atom is -0.481 e. The van der Waals surface area contributed by atoms with E-state index < -0.39 is 35.0 Å². The molecule has 4 atom stereocenters. The Morgan fingerprint density at radius 3 is 1.67 bits per heavy atom. The van der Waals surface area contributed by atoms with Crippen LogP contribution < -0.4 is 0 Å². The van der Waals surface area contributed by atoms with Gasteiger partial charge in [0.15, 0.2) is 0 Å². The molecular formula is C10H14O5. The fraction of sp³-hybridized carbons (Fsp3) is 0.800. The van der Waals surface area contributed by atoms with Gasteiger partial charge in [-0.1, -0.05) is 0 Å². The van der Waals surface area contributed by atoms with Crippen molar-refractivity contribution in [2.24, 2.45) is 11.8 Å². The van der Waals surface area contributed by atoms with Gasteiger partial charge in [-0.3, -0.25) is 9.59 Å². The van der Waals surface area contributed by atoms with E-state index >= 15 is 0 Å². The third-order valence-electron chi connectivity index (χ3n) is 3.77. The molecule has 0 aromatic rings. The molecule has 2 heterocycles. The zero-order valence-electron chi connectivity index (χ0n) is 8.69. The number of hydrogen-bond acceptors (Lipinski definition) is 3. The molecule has 0 aromatic carbocycles. The van der Waals surface area contributed by atoms with Crippen molar-refractivity contribution in [1.29, 1.82) is 0 Å². The van der Waals surface area contributed by atoms with Gasteiger partial charge in [-0.2, -0.15) is 0 Å². The van der Waals surface area contributed by atoms with Crippen LogP contribution in [-0.2, 0) is 14.3 Å². The molecule has 15 heavy (non-hydrogen) atoms. The van der Waals surface area contributed by atoms with Crippen molar-refractivity contribution in [2.75, 3.05) is 0 Å². The second kappa shape index (κ2) is 2.72. The first-order valence-corrected chi connectivity index (χ1v) is 4.96. The Bertz CT molecular complexity index is 307. The fourth-order valence-corrected chi connectivity index (χ4v) is 3.08. The van der Waals surface area contributed by atoms with Crippen LogP contribution in [0, 0.1) is 11.8 Å². The first kappa shape index (κ1) is 10.4. The van der Waals surface area contributed by atoms with Gasteiger partial charge in [0, 0.05) is 0 Å². The topological polar surface area (TPSA) is 83.8 Å². The molecule has 0 aliphatic carbocycles. The van der Waals surface area contributed by atoms with Gasteiger partial charge in [-0.25, -0.2) is 0 Å². The summed E-state index contributed by atoms with van der Waals surface area (Å²) in [4.78, 5) is 22.2. The summed E-state index contributed by atoms with van der Waals surface area (Å²) in [7, 11) is 0. The van der Waals surface area contributed by atoms with Crippen molar-refractivity contribution < 1.29 is 24.5 Å². The van der Waals surface area contributed by atoms with Crippen molar-refractivity contribution in [3.8, 4) is 0 Å². The summed E-state index contributed by atoms with van der Waals surface area (Å²) in [6, 6.07) is 0. The highest BCUT2D eigenvalue weighted by Crippen LogP contribution is 2.57. The highest BCUT2D eigenvalue weighted by Gasteiger charge is 2.68. The van der Waals surface area contributed by atoms with Gasteiger partial charge in [-0.15, -0.1) is 0 Å². The molecule has 0 unspecified atom stereocenters. The Kier molecular flexibility index (Phi) is 1.89. The van der Waals surface area contributed by atoms with E-state index in [4.69, 9.17) is 14.9 Å². The molecule has 5 nitrogen and oxygen atoms in total. The number of carboxylic acids is 2. The van der Waals surface area contributed by atoms with E-state index in [1.807, 2.05) is 0 Å². The van der Waals surface area contributed by atoms with Gasteiger partial charge in [0.25, 0.3) is 0 Å². The minimum absolute atomic E-state index is 0.615. The van der Waals surface area contributed by atoms with Crippen molar-refractivity contribution in [3.05, 3.63) is 0 Å². The van der Waals surface area contributed by atoms with Crippen LogP contribution in [0.3, 0.4) is 0 Å². The number of rotatable bonds is 2. The van der Waals surface area contributed by atoms with Gasteiger partial charge < -0.3 is 14.9 Å². The molecule has 2 fully saturated rings. The molecule has 2 bridgehead atoms. The summed E-state index contributed by atoms with van der Waals surface area (Å²) in [5.41, 5.74) is -1.63. The maximum atomic E-state index is 11.1. The Labute approximate surface area is 87.0 Å². The Morgan fingerprint density at radius 2 is 1.40 bits per heavy atom. The maximum Gasteiger partial charge on any atom is 0.310 e. The van der Waals surface area contributed by atoms with Crippen LogP contribution in [0.1, 0.15) is 26.7 Å². The van der Waals surface area contributed by atoms with Crippen molar-refractivity contribution in [1.82, 2.24) is 0 Å². The lowest BCUT2D eigenvalue weighted by atomic mass is 9.68. The number of aliphatic carboxylic acids is 2. The first-order valence-electron chi connectivity index (χ1n) is 4.96. The van der Waals surface area contributed by atoms with Crippen LogP contribution in [-0.4, -0.2) is 33.4 Å². The largest absolute Gasteiger partial charge is 0.481 e. The lowest BCUT2D eigenvalue weighted by Crippen LogP contribution is -2.46. The molecule has 0 spiro atoms. The number of ether oxygens (including phenoxy) is 1. The zero-order valence-corrected chi connectivity index (χ0v) is 8.69. The molecule has 84 valence electrons. The van der Waals surface area contributed by atoms with E-state index in [0.717, 1.165) is 0 Å². The summed E-state index contributed by atoms with van der Waals surface area (Å²) in [5, 5.41) is 18.2. The fourth-order valence-electron chi connectivity index (χ4n) is 3.08. The second-order valence-electron chi connectivity index (χ2n) is 4.86. The predicted octanol–water partition coefficient (Wildman–Crippen LogP) is 0.729. The molecule has 5 heteroatoms. The highest BCUT2D eigenvalue weighted by atomic mass is 16.5. The minimum atomic E-state index is -1.08. The second-order valence-corrected chi connectivity index (χ2v) is 4.86. The van der Waals surface area contributed by atoms with Crippen LogP contribution in [0.4, 0.5) is 0 Å². The summed E-state index contributed by atoms with van der Waals surface area (Å²) in [6.07, 6.45) is 1.23. The summed E-state index contributed by atoms with van der Waals surface area (Å²) >= 11 is 0. The number of carboxylic acid groups (broad SMARTS) is 2. The molecule has 2 N–H and O–H groups in total. The maximum absolute atomic E-state index is 11.1. The zero-order chi connectivity index (χ0) is 11.4. The van der Waals surface area contributed by atoms with Crippen LogP contribution >= 0.6 is 0 Å². The van der Waals surface area contributed by atoms with Gasteiger partial charge in [0.05, 0.1) is 11.2 Å². The van der Waals surface area contributed by atoms with E-state index in [2.05, 4.69) is 0 Å². The third-order valence-corrected chi connectivity index (χ3v) is 3.77. The Hall–Kier alpha value is -1.10. The van der Waals surface area contributed by atoms with E-state index in [1.54, 1.807) is 13.8 Å². The smallest absolute Gasteiger partial charge is 0.310 e. The summed E-state index contributed by atoms with van der Waals surface area (Å²) < 4.78 is 5.63. The molecule has 0 radical (unpaired) electrons. The van der Waals surface area contributed by atoms with Crippen molar-refractivity contribution in [2.45, 2.75) is 37.9 Å². The lowest BCUT2D eigenvalue weighted by molar-refractivity contribution is -0.156. The van der Waals surface area contributed by atoms with Gasteiger partial charge in [-0.05, 0) is 26.7 Å². The molecule has 0 amide bonds. The Morgan fingerprint density at radius 1 is 1.07 bits per heavy atom. The summed E-state index contributed by atoms with van der Waals surface area (Å²) in [5.74, 6) is -4.02. The number of fused-ring (bicyclic) bond motifs is 2. The standard InChI is InChI=1S/C10H14O5/c1-9-3-4-10(2,15-9)6(8(13)14)5(9)7(11)12/h5-6H,3-4H2,1-2H3,(H,11,12)(H,13,14)/t5-,6-,9-,10+/m0/s1. The van der Waals surface area contributed by atoms with Gasteiger partial charge >= 0.3 is 11.9 Å². The molecular weight excluding hydrogens is 200 g/mol. The average molecular weight is 214 g/mol. The van der Waals surface area contributed by atoms with E-state index in [0.29, 0.717) is 12.8 Å². The number of hydrogen-bond donors (Lipinski definition) is 2. The quantitative estimate of drug-likeness (QED) is 0.707. The highest BCUT2D eigenvalue weighted by molar-refractivity contribution is 5.83. The summed E-state index contributed by atoms with van der Waals surface area (Å²) in [6.45, 7) is 3.39.